The van der Waals surface area contributed by atoms with Crippen molar-refractivity contribution < 1.29 is 14.7 Å². The van der Waals surface area contributed by atoms with Crippen LogP contribution in [-0.4, -0.2) is 16.9 Å². The zero-order chi connectivity index (χ0) is 25.1. The lowest BCUT2D eigenvalue weighted by atomic mass is 9.34. The van der Waals surface area contributed by atoms with Gasteiger partial charge in [0.1, 0.15) is 0 Å². The molecule has 0 saturated heterocycles. The Labute approximate surface area is 210 Å². The second kappa shape index (κ2) is 7.02. The highest BCUT2D eigenvalue weighted by atomic mass is 35.5. The van der Waals surface area contributed by atoms with Crippen LogP contribution in [0.3, 0.4) is 0 Å². The Morgan fingerprint density at radius 3 is 2.26 bits per heavy atom. The second-order valence-corrected chi connectivity index (χ2v) is 14.9. The number of Topliss-reactive ketones (excluding diaryl/α,β-unsaturated/α-hetero) is 1. The van der Waals surface area contributed by atoms with Crippen molar-refractivity contribution >= 4 is 23.4 Å². The van der Waals surface area contributed by atoms with Crippen LogP contribution in [0.1, 0.15) is 99.8 Å². The van der Waals surface area contributed by atoms with Gasteiger partial charge in [-0.05, 0) is 97.7 Å². The molecule has 3 fully saturated rings. The molecular weight excluding hydrogens is 444 g/mol. The molecule has 0 aromatic rings. The zero-order valence-corrected chi connectivity index (χ0v) is 22.9. The van der Waals surface area contributed by atoms with E-state index >= 15 is 0 Å². The van der Waals surface area contributed by atoms with Gasteiger partial charge in [0.2, 0.25) is 0 Å². The molecule has 4 heteroatoms. The molecule has 0 unspecified atom stereocenters. The van der Waals surface area contributed by atoms with Crippen molar-refractivity contribution in [1.29, 1.82) is 0 Å². The number of rotatable bonds is 1. The van der Waals surface area contributed by atoms with Crippen LogP contribution in [0, 0.1) is 50.2 Å². The van der Waals surface area contributed by atoms with Crippen molar-refractivity contribution in [2.45, 2.75) is 99.8 Å². The third kappa shape index (κ3) is 2.83. The molecule has 0 aliphatic heterocycles. The van der Waals surface area contributed by atoms with Crippen LogP contribution in [-0.2, 0) is 9.59 Å². The Morgan fingerprint density at radius 2 is 1.62 bits per heavy atom. The van der Waals surface area contributed by atoms with E-state index in [1.165, 1.54) is 12.8 Å². The van der Waals surface area contributed by atoms with Crippen LogP contribution in [0.25, 0.3) is 0 Å². The van der Waals surface area contributed by atoms with Gasteiger partial charge < -0.3 is 5.11 Å². The largest absolute Gasteiger partial charge is 0.481 e. The van der Waals surface area contributed by atoms with Crippen LogP contribution in [0.5, 0.6) is 0 Å². The highest BCUT2D eigenvalue weighted by Crippen LogP contribution is 2.75. The molecule has 0 amide bonds. The molecule has 188 valence electrons. The number of halogens is 1. The van der Waals surface area contributed by atoms with E-state index in [1.807, 2.05) is 6.92 Å². The Morgan fingerprint density at radius 1 is 0.971 bits per heavy atom. The van der Waals surface area contributed by atoms with Crippen molar-refractivity contribution in [2.75, 3.05) is 0 Å². The third-order valence-corrected chi connectivity index (χ3v) is 12.9. The molecule has 0 aromatic heterocycles. The first-order valence-corrected chi connectivity index (χ1v) is 13.8. The summed E-state index contributed by atoms with van der Waals surface area (Å²) in [6, 6.07) is 0. The lowest BCUT2D eigenvalue weighted by Gasteiger charge is -2.70. The van der Waals surface area contributed by atoms with Gasteiger partial charge in [-0.1, -0.05) is 70.9 Å². The molecule has 0 radical (unpaired) electrons. The molecule has 1 N–H and O–H groups in total. The fourth-order valence-corrected chi connectivity index (χ4v) is 10.5. The number of allylic oxidation sites excluding steroid dienone is 4. The number of hydrogen-bond donors (Lipinski definition) is 1. The monoisotopic (exact) mass is 486 g/mol. The van der Waals surface area contributed by atoms with E-state index in [0.717, 1.165) is 38.5 Å². The summed E-state index contributed by atoms with van der Waals surface area (Å²) in [6.45, 7) is 16.0. The Balaban J connectivity index is 1.61. The number of carbonyl (C=O) groups is 2. The number of hydrogen-bond acceptors (Lipinski definition) is 2. The van der Waals surface area contributed by atoms with Gasteiger partial charge in [0.15, 0.2) is 5.78 Å². The minimum atomic E-state index is -0.635. The van der Waals surface area contributed by atoms with Crippen molar-refractivity contribution in [3.8, 4) is 0 Å². The molecule has 5 aliphatic rings. The lowest BCUT2D eigenvalue weighted by Crippen LogP contribution is -2.63. The standard InChI is InChI=1S/C30H43ClO3/c1-25(2)21-10-11-30(7)22(28(21,5)17-20(31)23(25)32)9-8-18-19-16-27(4,24(33)34)13-12-26(19,3)14-15-29(18,30)6/h8,17,19,21-22H,9-16H2,1-7H3,(H,33,34)/t19-,21-,22+,26+,27-,28-,29+,30+/m0/s1. The van der Waals surface area contributed by atoms with E-state index in [9.17, 15) is 14.7 Å². The highest BCUT2D eigenvalue weighted by Gasteiger charge is 2.68. The maximum Gasteiger partial charge on any atom is 0.309 e. The maximum atomic E-state index is 13.0. The van der Waals surface area contributed by atoms with E-state index in [2.05, 4.69) is 53.7 Å². The number of aliphatic carboxylic acids is 1. The summed E-state index contributed by atoms with van der Waals surface area (Å²) in [5.74, 6) is 0.525. The van der Waals surface area contributed by atoms with Gasteiger partial charge in [-0.15, -0.1) is 0 Å². The summed E-state index contributed by atoms with van der Waals surface area (Å²) >= 11 is 6.62. The Bertz CT molecular complexity index is 1020. The van der Waals surface area contributed by atoms with E-state index < -0.39 is 16.8 Å². The zero-order valence-electron chi connectivity index (χ0n) is 22.2. The van der Waals surface area contributed by atoms with Crippen molar-refractivity contribution in [1.82, 2.24) is 0 Å². The molecule has 8 atom stereocenters. The minimum absolute atomic E-state index is 0.0523. The molecular formula is C30H43ClO3. The molecule has 5 aliphatic carbocycles. The van der Waals surface area contributed by atoms with Crippen molar-refractivity contribution in [2.24, 2.45) is 50.2 Å². The van der Waals surface area contributed by atoms with E-state index in [4.69, 9.17) is 11.6 Å². The topological polar surface area (TPSA) is 54.4 Å². The molecule has 34 heavy (non-hydrogen) atoms. The number of ketones is 1. The first kappa shape index (κ1) is 24.6. The van der Waals surface area contributed by atoms with Crippen molar-refractivity contribution in [3.63, 3.8) is 0 Å². The van der Waals surface area contributed by atoms with Gasteiger partial charge in [0.25, 0.3) is 0 Å². The quantitative estimate of drug-likeness (QED) is 0.385. The van der Waals surface area contributed by atoms with Gasteiger partial charge in [-0.3, -0.25) is 9.59 Å². The predicted molar refractivity (Wildman–Crippen MR) is 136 cm³/mol. The van der Waals surface area contributed by atoms with Crippen molar-refractivity contribution in [3.05, 3.63) is 22.8 Å². The van der Waals surface area contributed by atoms with Crippen LogP contribution in [0.15, 0.2) is 22.8 Å². The van der Waals surface area contributed by atoms with Gasteiger partial charge in [-0.25, -0.2) is 0 Å². The molecule has 3 nitrogen and oxygen atoms in total. The number of carboxylic acids is 1. The van der Waals surface area contributed by atoms with Gasteiger partial charge >= 0.3 is 5.97 Å². The fourth-order valence-electron chi connectivity index (χ4n) is 9.98. The fraction of sp³-hybridized carbons (Fsp3) is 0.800. The summed E-state index contributed by atoms with van der Waals surface area (Å²) in [6.07, 6.45) is 12.7. The highest BCUT2D eigenvalue weighted by molar-refractivity contribution is 6.43. The van der Waals surface area contributed by atoms with Crippen LogP contribution in [0.4, 0.5) is 0 Å². The molecule has 0 spiro atoms. The third-order valence-electron chi connectivity index (χ3n) is 12.6. The first-order chi connectivity index (χ1) is 15.6. The van der Waals surface area contributed by atoms with E-state index in [1.54, 1.807) is 5.57 Å². The summed E-state index contributed by atoms with van der Waals surface area (Å²) in [5.41, 5.74) is 0.721. The second-order valence-electron chi connectivity index (χ2n) is 14.5. The smallest absolute Gasteiger partial charge is 0.309 e. The summed E-state index contributed by atoms with van der Waals surface area (Å²) in [7, 11) is 0. The Hall–Kier alpha value is -1.09. The van der Waals surface area contributed by atoms with E-state index in [-0.39, 0.29) is 27.4 Å². The van der Waals surface area contributed by atoms with Gasteiger partial charge in [0, 0.05) is 5.41 Å². The SMILES string of the molecule is CC1(C)C(=O)C(Cl)=C[C@]2(C)[C@H]3CC=C4[C@@H]5C[C@@](C)(C(=O)O)CC[C@]5(C)CC[C@@]4(C)[C@]3(C)CC[C@@H]12. The number of fused-ring (bicyclic) bond motifs is 7. The maximum absolute atomic E-state index is 13.0. The molecule has 5 rings (SSSR count). The van der Waals surface area contributed by atoms with Crippen LogP contribution < -0.4 is 0 Å². The number of carbonyl (C=O) groups excluding carboxylic acids is 1. The number of carboxylic acid groups (broad SMARTS) is 1. The molecule has 0 aromatic carbocycles. The lowest BCUT2D eigenvalue weighted by molar-refractivity contribution is -0.165. The predicted octanol–water partition coefficient (Wildman–Crippen LogP) is 7.78. The first-order valence-electron chi connectivity index (χ1n) is 13.4. The molecule has 0 bridgehead atoms. The van der Waals surface area contributed by atoms with Crippen LogP contribution in [0.2, 0.25) is 0 Å². The molecule has 0 heterocycles. The summed E-state index contributed by atoms with van der Waals surface area (Å²) in [4.78, 5) is 25.3. The average Bonchev–Trinajstić information content (AvgIpc) is 2.74. The summed E-state index contributed by atoms with van der Waals surface area (Å²) < 4.78 is 0. The molecule has 3 saturated carbocycles. The van der Waals surface area contributed by atoms with Gasteiger partial charge in [0.05, 0.1) is 10.4 Å². The van der Waals surface area contributed by atoms with E-state index in [0.29, 0.717) is 22.8 Å². The average molecular weight is 487 g/mol. The van der Waals surface area contributed by atoms with Gasteiger partial charge in [-0.2, -0.15) is 0 Å². The van der Waals surface area contributed by atoms with Crippen LogP contribution >= 0.6 is 11.6 Å². The minimum Gasteiger partial charge on any atom is -0.481 e. The summed E-state index contributed by atoms with van der Waals surface area (Å²) in [5, 5.41) is 10.5. The Kier molecular flexibility index (Phi) is 5.08. The normalized spacial score (nSPS) is 51.8.